The Morgan fingerprint density at radius 1 is 1.62 bits per heavy atom. The van der Waals surface area contributed by atoms with Crippen molar-refractivity contribution in [2.24, 2.45) is 0 Å². The van der Waals surface area contributed by atoms with Gasteiger partial charge in [0.1, 0.15) is 5.56 Å². The Morgan fingerprint density at radius 3 is 3.19 bits per heavy atom. The monoisotopic (exact) mass is 222 g/mol. The fourth-order valence-corrected chi connectivity index (χ4v) is 1.71. The maximum Gasteiger partial charge on any atom is 0.260 e. The van der Waals surface area contributed by atoms with Gasteiger partial charge in [-0.15, -0.1) is 0 Å². The van der Waals surface area contributed by atoms with Crippen LogP contribution < -0.4 is 10.9 Å². The van der Waals surface area contributed by atoms with E-state index in [2.05, 4.69) is 10.3 Å². The first-order valence-electron chi connectivity index (χ1n) is 5.35. The molecule has 0 spiro atoms. The Labute approximate surface area is 92.8 Å². The van der Waals surface area contributed by atoms with Crippen molar-refractivity contribution >= 4 is 5.91 Å². The lowest BCUT2D eigenvalue weighted by molar-refractivity contribution is 0.0856. The minimum Gasteiger partial charge on any atom is -0.376 e. The van der Waals surface area contributed by atoms with Crippen LogP contribution in [0.15, 0.2) is 23.1 Å². The molecule has 2 rings (SSSR count). The highest BCUT2D eigenvalue weighted by Crippen LogP contribution is 2.10. The summed E-state index contributed by atoms with van der Waals surface area (Å²) in [5.41, 5.74) is -0.229. The van der Waals surface area contributed by atoms with E-state index in [9.17, 15) is 9.59 Å². The van der Waals surface area contributed by atoms with Crippen LogP contribution >= 0.6 is 0 Å². The largest absolute Gasteiger partial charge is 0.376 e. The topological polar surface area (TPSA) is 71.2 Å². The highest BCUT2D eigenvalue weighted by Gasteiger charge is 2.17. The quantitative estimate of drug-likeness (QED) is 0.771. The Hall–Kier alpha value is -1.62. The van der Waals surface area contributed by atoms with Crippen LogP contribution in [0, 0.1) is 0 Å². The van der Waals surface area contributed by atoms with E-state index in [1.165, 1.54) is 12.3 Å². The van der Waals surface area contributed by atoms with Crippen LogP contribution in [0.1, 0.15) is 23.2 Å². The van der Waals surface area contributed by atoms with Crippen LogP contribution in [0.4, 0.5) is 0 Å². The van der Waals surface area contributed by atoms with E-state index < -0.39 is 0 Å². The van der Waals surface area contributed by atoms with Crippen molar-refractivity contribution in [3.63, 3.8) is 0 Å². The van der Waals surface area contributed by atoms with Gasteiger partial charge in [0.15, 0.2) is 0 Å². The zero-order valence-corrected chi connectivity index (χ0v) is 8.86. The Balaban J connectivity index is 1.93. The summed E-state index contributed by atoms with van der Waals surface area (Å²) in [6.07, 6.45) is 3.59. The molecule has 1 amide bonds. The number of carbonyl (C=O) groups excluding carboxylic acids is 1. The number of amides is 1. The second-order valence-electron chi connectivity index (χ2n) is 3.76. The third kappa shape index (κ3) is 2.49. The first-order chi connectivity index (χ1) is 7.77. The molecular weight excluding hydrogens is 208 g/mol. The summed E-state index contributed by atoms with van der Waals surface area (Å²) < 4.78 is 5.37. The zero-order chi connectivity index (χ0) is 11.4. The summed E-state index contributed by atoms with van der Waals surface area (Å²) in [7, 11) is 0. The van der Waals surface area contributed by atoms with Crippen molar-refractivity contribution in [3.05, 3.63) is 34.2 Å². The van der Waals surface area contributed by atoms with Gasteiger partial charge in [-0.3, -0.25) is 9.59 Å². The molecule has 0 radical (unpaired) electrons. The molecule has 1 aromatic rings. The molecule has 1 aliphatic rings. The SMILES string of the molecule is O=C(NCC1CCCO1)c1ccc[nH]c1=O. The normalized spacial score (nSPS) is 19.6. The molecule has 0 aromatic carbocycles. The van der Waals surface area contributed by atoms with E-state index in [0.29, 0.717) is 6.54 Å². The molecule has 1 fully saturated rings. The van der Waals surface area contributed by atoms with Gasteiger partial charge in [-0.05, 0) is 25.0 Å². The van der Waals surface area contributed by atoms with Crippen LogP contribution in [-0.4, -0.2) is 30.1 Å². The zero-order valence-electron chi connectivity index (χ0n) is 8.86. The van der Waals surface area contributed by atoms with Crippen molar-refractivity contribution in [1.82, 2.24) is 10.3 Å². The van der Waals surface area contributed by atoms with Gasteiger partial charge in [-0.2, -0.15) is 0 Å². The van der Waals surface area contributed by atoms with Crippen LogP contribution in [0.3, 0.4) is 0 Å². The number of hydrogen-bond acceptors (Lipinski definition) is 3. The van der Waals surface area contributed by atoms with Crippen molar-refractivity contribution in [2.75, 3.05) is 13.2 Å². The summed E-state index contributed by atoms with van der Waals surface area (Å²) in [6.45, 7) is 1.22. The third-order valence-corrected chi connectivity index (χ3v) is 2.58. The lowest BCUT2D eigenvalue weighted by Crippen LogP contribution is -2.34. The van der Waals surface area contributed by atoms with E-state index >= 15 is 0 Å². The van der Waals surface area contributed by atoms with Gasteiger partial charge >= 0.3 is 0 Å². The molecule has 1 saturated heterocycles. The van der Waals surface area contributed by atoms with Crippen molar-refractivity contribution in [2.45, 2.75) is 18.9 Å². The first kappa shape index (κ1) is 10.9. The molecule has 1 unspecified atom stereocenters. The first-order valence-corrected chi connectivity index (χ1v) is 5.35. The van der Waals surface area contributed by atoms with Crippen molar-refractivity contribution < 1.29 is 9.53 Å². The molecule has 86 valence electrons. The standard InChI is InChI=1S/C11H14N2O3/c14-10-9(4-1-5-12-10)11(15)13-7-8-3-2-6-16-8/h1,4-5,8H,2-3,6-7H2,(H,12,14)(H,13,15). The summed E-state index contributed by atoms with van der Waals surface area (Å²) >= 11 is 0. The van der Waals surface area contributed by atoms with Gasteiger partial charge in [0, 0.05) is 19.3 Å². The van der Waals surface area contributed by atoms with Gasteiger partial charge < -0.3 is 15.0 Å². The third-order valence-electron chi connectivity index (χ3n) is 2.58. The van der Waals surface area contributed by atoms with E-state index in [1.807, 2.05) is 0 Å². The fraction of sp³-hybridized carbons (Fsp3) is 0.455. The summed E-state index contributed by atoms with van der Waals surface area (Å²) in [4.78, 5) is 25.4. The van der Waals surface area contributed by atoms with Crippen molar-refractivity contribution in [1.29, 1.82) is 0 Å². The van der Waals surface area contributed by atoms with Crippen LogP contribution in [0.5, 0.6) is 0 Å². The van der Waals surface area contributed by atoms with E-state index in [4.69, 9.17) is 4.74 Å². The van der Waals surface area contributed by atoms with Gasteiger partial charge in [0.05, 0.1) is 6.10 Å². The smallest absolute Gasteiger partial charge is 0.260 e. The molecule has 1 aromatic heterocycles. The molecule has 2 heterocycles. The average Bonchev–Trinajstić information content (AvgIpc) is 2.79. The number of hydrogen-bond donors (Lipinski definition) is 2. The number of aromatic nitrogens is 1. The molecule has 1 aliphatic heterocycles. The number of nitrogens with one attached hydrogen (secondary N) is 2. The predicted octanol–water partition coefficient (Wildman–Crippen LogP) is 0.284. The van der Waals surface area contributed by atoms with Crippen LogP contribution in [-0.2, 0) is 4.74 Å². The number of carbonyl (C=O) groups is 1. The number of pyridine rings is 1. The predicted molar refractivity (Wildman–Crippen MR) is 58.4 cm³/mol. The van der Waals surface area contributed by atoms with E-state index in [1.54, 1.807) is 6.07 Å². The molecule has 16 heavy (non-hydrogen) atoms. The Bertz CT molecular complexity index is 421. The molecule has 5 nitrogen and oxygen atoms in total. The summed E-state index contributed by atoms with van der Waals surface area (Å²) in [5.74, 6) is -0.350. The van der Waals surface area contributed by atoms with Crippen molar-refractivity contribution in [3.8, 4) is 0 Å². The number of rotatable bonds is 3. The molecule has 1 atom stereocenters. The van der Waals surface area contributed by atoms with E-state index in [0.717, 1.165) is 19.4 Å². The van der Waals surface area contributed by atoms with Crippen LogP contribution in [0.25, 0.3) is 0 Å². The minimum absolute atomic E-state index is 0.0896. The maximum absolute atomic E-state index is 11.6. The lowest BCUT2D eigenvalue weighted by Gasteiger charge is -2.10. The molecule has 0 bridgehead atoms. The summed E-state index contributed by atoms with van der Waals surface area (Å²) in [5, 5.41) is 2.70. The van der Waals surface area contributed by atoms with Crippen LogP contribution in [0.2, 0.25) is 0 Å². The number of aromatic amines is 1. The molecule has 2 N–H and O–H groups in total. The van der Waals surface area contributed by atoms with Gasteiger partial charge in [0.2, 0.25) is 0 Å². The van der Waals surface area contributed by atoms with Gasteiger partial charge in [-0.1, -0.05) is 0 Å². The lowest BCUT2D eigenvalue weighted by atomic mass is 10.2. The minimum atomic E-state index is -0.368. The van der Waals surface area contributed by atoms with Gasteiger partial charge in [0.25, 0.3) is 11.5 Å². The van der Waals surface area contributed by atoms with Gasteiger partial charge in [-0.25, -0.2) is 0 Å². The molecule has 5 heteroatoms. The van der Waals surface area contributed by atoms with E-state index in [-0.39, 0.29) is 23.1 Å². The summed E-state index contributed by atoms with van der Waals surface area (Å²) in [6, 6.07) is 3.13. The fourth-order valence-electron chi connectivity index (χ4n) is 1.71. The Morgan fingerprint density at radius 2 is 2.50 bits per heavy atom. The average molecular weight is 222 g/mol. The second kappa shape index (κ2) is 4.94. The molecule has 0 saturated carbocycles. The number of ether oxygens (including phenoxy) is 1. The molecular formula is C11H14N2O3. The molecule has 0 aliphatic carbocycles. The highest BCUT2D eigenvalue weighted by atomic mass is 16.5. The second-order valence-corrected chi connectivity index (χ2v) is 3.76. The highest BCUT2D eigenvalue weighted by molar-refractivity contribution is 5.93. The Kier molecular flexibility index (Phi) is 3.36. The number of H-pyrrole nitrogens is 1. The maximum atomic E-state index is 11.6.